The molecule has 1 aromatic heterocycles. The molecule has 2 aliphatic carbocycles. The molecule has 2 amide bonds. The fraction of sp³-hybridized carbons (Fsp3) is 0.560. The average molecular weight is 841 g/mol. The number of benzene rings is 3. The van der Waals surface area contributed by atoms with Gasteiger partial charge in [0.25, 0.3) is 11.5 Å². The van der Waals surface area contributed by atoms with E-state index in [9.17, 15) is 14.4 Å². The van der Waals surface area contributed by atoms with Gasteiger partial charge in [-0.3, -0.25) is 23.9 Å². The van der Waals surface area contributed by atoms with Crippen LogP contribution in [0.5, 0.6) is 5.75 Å². The van der Waals surface area contributed by atoms with E-state index in [0.717, 1.165) is 144 Å². The maximum absolute atomic E-state index is 13.7. The minimum atomic E-state index is -0.238. The number of amides is 2. The Morgan fingerprint density at radius 1 is 0.869 bits per heavy atom. The van der Waals surface area contributed by atoms with E-state index >= 15 is 0 Å². The van der Waals surface area contributed by atoms with Crippen LogP contribution in [-0.4, -0.2) is 106 Å². The molecule has 7 heterocycles. The first-order chi connectivity index (χ1) is 29.6. The Hall–Kier alpha value is -4.25. The van der Waals surface area contributed by atoms with Gasteiger partial charge in [-0.25, -0.2) is 0 Å². The van der Waals surface area contributed by atoms with Crippen LogP contribution >= 0.6 is 11.6 Å². The summed E-state index contributed by atoms with van der Waals surface area (Å²) in [7, 11) is 1.88. The monoisotopic (exact) mass is 840 g/mol. The highest BCUT2D eigenvalue weighted by molar-refractivity contribution is 6.35. The standard InChI is InChI=1S/C50H57ClN6O4/c1-53-29-36-35(46(53)60)9-10-37-44(36)61-31-49(37)18-24-55(25-19-49)34-27-48(28-34)16-22-56(23-17-48)42(58)30-54-20-12-32(13-21-54)33-8-11-40-38(26-33)50(14-3-2-4-15-50)47-52-45(59)43-39(51)6-5-7-41(43)57(40)47/h5-11,26,32,34H,2-4,12-25,27-31H2,1H3. The van der Waals surface area contributed by atoms with Gasteiger partial charge in [-0.05, 0) is 137 Å². The minimum absolute atomic E-state index is 0.0774. The van der Waals surface area contributed by atoms with Gasteiger partial charge in [-0.2, -0.15) is 4.98 Å². The van der Waals surface area contributed by atoms with Crippen molar-refractivity contribution in [1.29, 1.82) is 0 Å². The summed E-state index contributed by atoms with van der Waals surface area (Å²) in [6.45, 7) is 7.79. The molecule has 5 fully saturated rings. The molecule has 3 saturated heterocycles. The summed E-state index contributed by atoms with van der Waals surface area (Å²) >= 11 is 6.58. The van der Waals surface area contributed by atoms with Crippen LogP contribution in [0.3, 0.4) is 0 Å². The van der Waals surface area contributed by atoms with Crippen molar-refractivity contribution in [3.63, 3.8) is 0 Å². The van der Waals surface area contributed by atoms with Crippen molar-refractivity contribution in [3.8, 4) is 11.4 Å². The Bertz CT molecular complexity index is 2530. The van der Waals surface area contributed by atoms with E-state index < -0.39 is 0 Å². The SMILES string of the molecule is CN1Cc2c(ccc3c2OCC32CCN(C3CC4(CCN(C(=O)CN5CCC(c6ccc7c(c6)C6(CCCCC6)c6nc(=O)c8c(Cl)cccc8n6-7)CC5)CC4)C3)CC2)C1=O. The highest BCUT2D eigenvalue weighted by Crippen LogP contribution is 2.55. The van der Waals surface area contributed by atoms with Crippen molar-refractivity contribution in [2.75, 3.05) is 59.5 Å². The Balaban J connectivity index is 0.642. The molecular weight excluding hydrogens is 784 g/mol. The number of hydrogen-bond donors (Lipinski definition) is 0. The van der Waals surface area contributed by atoms with Crippen LogP contribution < -0.4 is 10.3 Å². The van der Waals surface area contributed by atoms with E-state index in [1.54, 1.807) is 11.0 Å². The van der Waals surface area contributed by atoms with Gasteiger partial charge in [-0.1, -0.05) is 55.1 Å². The molecular formula is C50H57ClN6O4. The maximum atomic E-state index is 13.7. The summed E-state index contributed by atoms with van der Waals surface area (Å²) in [6.07, 6.45) is 14.6. The predicted molar refractivity (Wildman–Crippen MR) is 236 cm³/mol. The van der Waals surface area contributed by atoms with Crippen molar-refractivity contribution in [1.82, 2.24) is 29.2 Å². The van der Waals surface area contributed by atoms with Gasteiger partial charge in [0, 0.05) is 48.3 Å². The molecule has 3 spiro atoms. The molecule has 11 heteroatoms. The molecule has 61 heavy (non-hydrogen) atoms. The third-order valence-electron chi connectivity index (χ3n) is 17.3. The Kier molecular flexibility index (Phi) is 8.90. The maximum Gasteiger partial charge on any atom is 0.282 e. The van der Waals surface area contributed by atoms with Crippen molar-refractivity contribution >= 4 is 34.3 Å². The molecule has 0 bridgehead atoms. The highest BCUT2D eigenvalue weighted by Gasteiger charge is 2.52. The first-order valence-corrected chi connectivity index (χ1v) is 23.7. The number of hydrogen-bond acceptors (Lipinski definition) is 7. The zero-order valence-electron chi connectivity index (χ0n) is 35.5. The van der Waals surface area contributed by atoms with E-state index in [2.05, 4.69) is 43.5 Å². The second kappa shape index (κ2) is 14.1. The molecule has 12 rings (SSSR count). The zero-order valence-corrected chi connectivity index (χ0v) is 36.3. The number of piperidine rings is 3. The van der Waals surface area contributed by atoms with Crippen LogP contribution in [0.2, 0.25) is 5.02 Å². The number of halogens is 1. The highest BCUT2D eigenvalue weighted by atomic mass is 35.5. The Morgan fingerprint density at radius 2 is 1.64 bits per heavy atom. The number of ether oxygens (including phenoxy) is 1. The summed E-state index contributed by atoms with van der Waals surface area (Å²) in [6, 6.07) is 17.7. The largest absolute Gasteiger partial charge is 0.492 e. The van der Waals surface area contributed by atoms with E-state index in [1.165, 1.54) is 36.0 Å². The van der Waals surface area contributed by atoms with Crippen LogP contribution in [0, 0.1) is 5.41 Å². The van der Waals surface area contributed by atoms with Crippen LogP contribution in [-0.2, 0) is 22.2 Å². The molecule has 3 aromatic carbocycles. The fourth-order valence-corrected chi connectivity index (χ4v) is 13.9. The van der Waals surface area contributed by atoms with Crippen molar-refractivity contribution in [2.24, 2.45) is 5.41 Å². The van der Waals surface area contributed by atoms with Crippen molar-refractivity contribution in [2.45, 2.75) is 113 Å². The van der Waals surface area contributed by atoms with E-state index in [4.69, 9.17) is 21.3 Å². The third-order valence-corrected chi connectivity index (χ3v) is 17.6. The molecule has 2 saturated carbocycles. The summed E-state index contributed by atoms with van der Waals surface area (Å²) in [5.41, 5.74) is 7.96. The summed E-state index contributed by atoms with van der Waals surface area (Å²) < 4.78 is 8.60. The van der Waals surface area contributed by atoms with Crippen LogP contribution in [0.25, 0.3) is 16.6 Å². The van der Waals surface area contributed by atoms with Crippen molar-refractivity contribution in [3.05, 3.63) is 97.5 Å². The molecule has 10 nitrogen and oxygen atoms in total. The third kappa shape index (κ3) is 5.86. The summed E-state index contributed by atoms with van der Waals surface area (Å²) in [4.78, 5) is 53.6. The second-order valence-electron chi connectivity index (χ2n) is 20.4. The number of aromatic nitrogens is 2. The molecule has 6 aliphatic heterocycles. The molecule has 0 unspecified atom stereocenters. The first-order valence-electron chi connectivity index (χ1n) is 23.3. The van der Waals surface area contributed by atoms with Gasteiger partial charge in [-0.15, -0.1) is 0 Å². The number of carbonyl (C=O) groups is 2. The lowest BCUT2D eigenvalue weighted by atomic mass is 9.59. The van der Waals surface area contributed by atoms with Gasteiger partial charge < -0.3 is 19.4 Å². The number of fused-ring (bicyclic) bond motifs is 11. The quantitative estimate of drug-likeness (QED) is 0.210. The molecule has 318 valence electrons. The van der Waals surface area contributed by atoms with Gasteiger partial charge in [0.15, 0.2) is 0 Å². The lowest BCUT2D eigenvalue weighted by Gasteiger charge is -2.56. The van der Waals surface area contributed by atoms with Gasteiger partial charge >= 0.3 is 0 Å². The van der Waals surface area contributed by atoms with E-state index in [1.807, 2.05) is 25.2 Å². The topological polar surface area (TPSA) is 91.2 Å². The van der Waals surface area contributed by atoms with Gasteiger partial charge in [0.1, 0.15) is 11.6 Å². The Labute approximate surface area is 363 Å². The Morgan fingerprint density at radius 3 is 2.41 bits per heavy atom. The molecule has 8 aliphatic rings. The predicted octanol–water partition coefficient (Wildman–Crippen LogP) is 7.57. The number of carbonyl (C=O) groups excluding carboxylic acids is 2. The average Bonchev–Trinajstić information content (AvgIpc) is 3.87. The van der Waals surface area contributed by atoms with Crippen molar-refractivity contribution < 1.29 is 14.3 Å². The number of nitrogens with zero attached hydrogens (tertiary/aromatic N) is 6. The molecule has 0 radical (unpaired) electrons. The second-order valence-corrected chi connectivity index (χ2v) is 20.8. The molecule has 0 atom stereocenters. The number of likely N-dealkylation sites (tertiary alicyclic amines) is 3. The lowest BCUT2D eigenvalue weighted by molar-refractivity contribution is -0.137. The minimum Gasteiger partial charge on any atom is -0.492 e. The van der Waals surface area contributed by atoms with Crippen LogP contribution in [0.1, 0.15) is 128 Å². The van der Waals surface area contributed by atoms with Crippen LogP contribution in [0.15, 0.2) is 53.3 Å². The fourth-order valence-electron chi connectivity index (χ4n) is 13.6. The lowest BCUT2D eigenvalue weighted by Crippen LogP contribution is -2.58. The summed E-state index contributed by atoms with van der Waals surface area (Å²) in [5, 5.41) is 0.965. The first kappa shape index (κ1) is 38.4. The van der Waals surface area contributed by atoms with Gasteiger partial charge in [0.2, 0.25) is 5.91 Å². The molecule has 4 aromatic rings. The van der Waals surface area contributed by atoms with E-state index in [0.29, 0.717) is 46.8 Å². The normalized spacial score (nSPS) is 24.3. The zero-order chi connectivity index (χ0) is 41.3. The number of rotatable bonds is 4. The van der Waals surface area contributed by atoms with E-state index in [-0.39, 0.29) is 22.3 Å². The summed E-state index contributed by atoms with van der Waals surface area (Å²) in [5.74, 6) is 2.74. The smallest absolute Gasteiger partial charge is 0.282 e. The molecule has 0 N–H and O–H groups in total. The van der Waals surface area contributed by atoms with Crippen LogP contribution in [0.4, 0.5) is 0 Å². The van der Waals surface area contributed by atoms with Gasteiger partial charge in [0.05, 0.1) is 46.7 Å².